The summed E-state index contributed by atoms with van der Waals surface area (Å²) in [6.07, 6.45) is 1.95. The van der Waals surface area contributed by atoms with Crippen molar-refractivity contribution in [3.63, 3.8) is 0 Å². The van der Waals surface area contributed by atoms with Crippen LogP contribution in [0.15, 0.2) is 18.2 Å². The fourth-order valence-electron chi connectivity index (χ4n) is 2.23. The zero-order valence-electron chi connectivity index (χ0n) is 10.8. The molecule has 1 saturated heterocycles. The fourth-order valence-corrected chi connectivity index (χ4v) is 2.23. The van der Waals surface area contributed by atoms with E-state index in [1.165, 1.54) is 12.1 Å². The van der Waals surface area contributed by atoms with Crippen LogP contribution in [-0.2, 0) is 0 Å². The number of carbonyl (C=O) groups excluding carboxylic acids is 1. The summed E-state index contributed by atoms with van der Waals surface area (Å²) in [6, 6.07) is 4.22. The van der Waals surface area contributed by atoms with Gasteiger partial charge in [0.2, 0.25) is 0 Å². The quantitative estimate of drug-likeness (QED) is 0.502. The molecule has 0 unspecified atom stereocenters. The molecule has 2 N–H and O–H groups in total. The van der Waals surface area contributed by atoms with Gasteiger partial charge in [-0.05, 0) is 30.9 Å². The number of carbonyl (C=O) groups is 1. The number of hydrogen-bond donors (Lipinski definition) is 1. The van der Waals surface area contributed by atoms with Crippen LogP contribution in [0.3, 0.4) is 0 Å². The Balaban J connectivity index is 2.20. The summed E-state index contributed by atoms with van der Waals surface area (Å²) in [5, 5.41) is 10.8. The summed E-state index contributed by atoms with van der Waals surface area (Å²) in [7, 11) is 0. The number of nitrogens with zero attached hydrogens (tertiary/aromatic N) is 2. The lowest BCUT2D eigenvalue weighted by atomic mass is 9.98. The first kappa shape index (κ1) is 13.3. The highest BCUT2D eigenvalue weighted by atomic mass is 16.6. The largest absolute Gasteiger partial charge is 0.393 e. The van der Waals surface area contributed by atoms with Crippen molar-refractivity contribution >= 4 is 17.3 Å². The van der Waals surface area contributed by atoms with Crippen LogP contribution in [0.2, 0.25) is 0 Å². The third-order valence-electron chi connectivity index (χ3n) is 3.54. The zero-order chi connectivity index (χ0) is 14.0. The third-order valence-corrected chi connectivity index (χ3v) is 3.54. The van der Waals surface area contributed by atoms with Crippen molar-refractivity contribution < 1.29 is 9.72 Å². The first-order valence-electron chi connectivity index (χ1n) is 6.32. The minimum Gasteiger partial charge on any atom is -0.393 e. The van der Waals surface area contributed by atoms with E-state index in [1.54, 1.807) is 11.0 Å². The maximum absolute atomic E-state index is 12.3. The fraction of sp³-hybridized carbons (Fsp3) is 0.462. The highest BCUT2D eigenvalue weighted by molar-refractivity contribution is 5.95. The number of benzene rings is 1. The summed E-state index contributed by atoms with van der Waals surface area (Å²) < 4.78 is 0. The van der Waals surface area contributed by atoms with Gasteiger partial charge in [-0.2, -0.15) is 0 Å². The molecule has 1 fully saturated rings. The molecule has 1 heterocycles. The molecule has 0 bridgehead atoms. The number of nitro groups is 1. The molecule has 1 aromatic carbocycles. The van der Waals surface area contributed by atoms with Crippen molar-refractivity contribution in [2.24, 2.45) is 5.92 Å². The van der Waals surface area contributed by atoms with Gasteiger partial charge in [-0.25, -0.2) is 0 Å². The lowest BCUT2D eigenvalue weighted by Gasteiger charge is -2.30. The number of hydrogen-bond acceptors (Lipinski definition) is 4. The van der Waals surface area contributed by atoms with Gasteiger partial charge in [-0.15, -0.1) is 0 Å². The summed E-state index contributed by atoms with van der Waals surface area (Å²) in [5.41, 5.74) is 5.72. The van der Waals surface area contributed by atoms with Crippen molar-refractivity contribution in [2.45, 2.75) is 19.8 Å². The molecule has 0 aliphatic carbocycles. The van der Waals surface area contributed by atoms with E-state index in [1.807, 2.05) is 0 Å². The number of piperidine rings is 1. The maximum Gasteiger partial charge on any atom is 0.292 e. The summed E-state index contributed by atoms with van der Waals surface area (Å²) >= 11 is 0. The van der Waals surface area contributed by atoms with Crippen LogP contribution < -0.4 is 5.73 Å². The molecule has 6 heteroatoms. The predicted molar refractivity (Wildman–Crippen MR) is 71.8 cm³/mol. The molecule has 0 saturated carbocycles. The standard InChI is InChI=1S/C13H17N3O3/c1-9-4-6-15(7-5-9)13(17)10-2-3-11(14)12(8-10)16(18)19/h2-3,8-9H,4-7,14H2,1H3. The number of likely N-dealkylation sites (tertiary alicyclic amines) is 1. The molecule has 0 spiro atoms. The van der Waals surface area contributed by atoms with Crippen molar-refractivity contribution in [1.82, 2.24) is 4.90 Å². The first-order chi connectivity index (χ1) is 8.99. The molecule has 1 aliphatic heterocycles. The highest BCUT2D eigenvalue weighted by Crippen LogP contribution is 2.24. The number of nitrogens with two attached hydrogens (primary N) is 1. The number of rotatable bonds is 2. The molecule has 19 heavy (non-hydrogen) atoms. The third kappa shape index (κ3) is 2.83. The van der Waals surface area contributed by atoms with E-state index in [4.69, 9.17) is 5.73 Å². The van der Waals surface area contributed by atoms with Gasteiger partial charge in [0.05, 0.1) is 4.92 Å². The van der Waals surface area contributed by atoms with Crippen LogP contribution in [0.4, 0.5) is 11.4 Å². The topological polar surface area (TPSA) is 89.5 Å². The monoisotopic (exact) mass is 263 g/mol. The summed E-state index contributed by atoms with van der Waals surface area (Å²) in [5.74, 6) is 0.472. The second-order valence-corrected chi connectivity index (χ2v) is 5.01. The Hall–Kier alpha value is -2.11. The van der Waals surface area contributed by atoms with Crippen LogP contribution in [0.25, 0.3) is 0 Å². The van der Waals surface area contributed by atoms with Crippen molar-refractivity contribution in [1.29, 1.82) is 0 Å². The Labute approximate surface area is 111 Å². The average Bonchev–Trinajstić information content (AvgIpc) is 2.39. The number of amides is 1. The second kappa shape index (κ2) is 5.26. The molecule has 0 atom stereocenters. The Bertz CT molecular complexity index is 508. The Kier molecular flexibility index (Phi) is 3.69. The van der Waals surface area contributed by atoms with Gasteiger partial charge >= 0.3 is 0 Å². The summed E-state index contributed by atoms with van der Waals surface area (Å²) in [4.78, 5) is 24.3. The first-order valence-corrected chi connectivity index (χ1v) is 6.32. The van der Waals surface area contributed by atoms with Crippen molar-refractivity contribution in [3.05, 3.63) is 33.9 Å². The van der Waals surface area contributed by atoms with Gasteiger partial charge in [0.1, 0.15) is 5.69 Å². The SMILES string of the molecule is CC1CCN(C(=O)c2ccc(N)c([N+](=O)[O-])c2)CC1. The van der Waals surface area contributed by atoms with Gasteiger partial charge in [-0.1, -0.05) is 6.92 Å². The van der Waals surface area contributed by atoms with E-state index < -0.39 is 4.92 Å². The van der Waals surface area contributed by atoms with E-state index in [0.717, 1.165) is 12.8 Å². The molecular weight excluding hydrogens is 246 g/mol. The number of anilines is 1. The number of nitrogen functional groups attached to an aromatic ring is 1. The molecule has 1 amide bonds. The molecular formula is C13H17N3O3. The number of nitro benzene ring substituents is 1. The van der Waals surface area contributed by atoms with Gasteiger partial charge in [0.25, 0.3) is 11.6 Å². The van der Waals surface area contributed by atoms with Crippen molar-refractivity contribution in [3.8, 4) is 0 Å². The van der Waals surface area contributed by atoms with Crippen LogP contribution in [-0.4, -0.2) is 28.8 Å². The van der Waals surface area contributed by atoms with Gasteiger partial charge < -0.3 is 10.6 Å². The lowest BCUT2D eigenvalue weighted by Crippen LogP contribution is -2.37. The van der Waals surface area contributed by atoms with Gasteiger partial charge in [0.15, 0.2) is 0 Å². The Morgan fingerprint density at radius 2 is 2.05 bits per heavy atom. The summed E-state index contributed by atoms with van der Waals surface area (Å²) in [6.45, 7) is 3.58. The minimum absolute atomic E-state index is 0.0776. The molecule has 102 valence electrons. The Morgan fingerprint density at radius 1 is 1.42 bits per heavy atom. The van der Waals surface area contributed by atoms with Crippen LogP contribution >= 0.6 is 0 Å². The average molecular weight is 263 g/mol. The second-order valence-electron chi connectivity index (χ2n) is 5.01. The van der Waals surface area contributed by atoms with Crippen LogP contribution in [0.1, 0.15) is 30.1 Å². The normalized spacial score (nSPS) is 16.4. The molecule has 0 aromatic heterocycles. The van der Waals surface area contributed by atoms with E-state index in [2.05, 4.69) is 6.92 Å². The van der Waals surface area contributed by atoms with Gasteiger partial charge in [-0.3, -0.25) is 14.9 Å². The molecule has 6 nitrogen and oxygen atoms in total. The molecule has 1 aromatic rings. The van der Waals surface area contributed by atoms with E-state index in [9.17, 15) is 14.9 Å². The molecule has 1 aliphatic rings. The Morgan fingerprint density at radius 3 is 2.63 bits per heavy atom. The maximum atomic E-state index is 12.3. The lowest BCUT2D eigenvalue weighted by molar-refractivity contribution is -0.383. The van der Waals surface area contributed by atoms with Crippen molar-refractivity contribution in [2.75, 3.05) is 18.8 Å². The molecule has 2 rings (SSSR count). The van der Waals surface area contributed by atoms with E-state index >= 15 is 0 Å². The van der Waals surface area contributed by atoms with E-state index in [0.29, 0.717) is 24.6 Å². The van der Waals surface area contributed by atoms with E-state index in [-0.39, 0.29) is 17.3 Å². The smallest absolute Gasteiger partial charge is 0.292 e. The van der Waals surface area contributed by atoms with Crippen LogP contribution in [0, 0.1) is 16.0 Å². The minimum atomic E-state index is -0.565. The highest BCUT2D eigenvalue weighted by Gasteiger charge is 2.23. The zero-order valence-corrected chi connectivity index (χ0v) is 10.8. The van der Waals surface area contributed by atoms with Crippen LogP contribution in [0.5, 0.6) is 0 Å². The molecule has 0 radical (unpaired) electrons. The van der Waals surface area contributed by atoms with Gasteiger partial charge in [0, 0.05) is 24.7 Å². The predicted octanol–water partition coefficient (Wildman–Crippen LogP) is 2.05.